The smallest absolute Gasteiger partial charge is 0.337 e. The van der Waals surface area contributed by atoms with Gasteiger partial charge in [0.2, 0.25) is 0 Å². The Morgan fingerprint density at radius 1 is 1.03 bits per heavy atom. The summed E-state index contributed by atoms with van der Waals surface area (Å²) in [6, 6.07) is 10.6. The van der Waals surface area contributed by atoms with E-state index in [2.05, 4.69) is 18.7 Å². The molecule has 0 bridgehead atoms. The van der Waals surface area contributed by atoms with E-state index in [-0.39, 0.29) is 11.3 Å². The summed E-state index contributed by atoms with van der Waals surface area (Å²) in [6.45, 7) is 7.83. The van der Waals surface area contributed by atoms with Gasteiger partial charge in [0.15, 0.2) is 11.5 Å². The number of carbonyl (C=O) groups is 3. The summed E-state index contributed by atoms with van der Waals surface area (Å²) in [5.41, 5.74) is 1.29. The molecule has 0 aromatic heterocycles. The van der Waals surface area contributed by atoms with E-state index in [1.807, 2.05) is 0 Å². The number of hydrogen-bond acceptors (Lipinski definition) is 8. The van der Waals surface area contributed by atoms with Crippen molar-refractivity contribution in [1.82, 2.24) is 9.80 Å². The second-order valence-corrected chi connectivity index (χ2v) is 8.84. The monoisotopic (exact) mass is 508 g/mol. The van der Waals surface area contributed by atoms with Crippen molar-refractivity contribution in [3.8, 4) is 11.5 Å². The first-order chi connectivity index (χ1) is 17.9. The van der Waals surface area contributed by atoms with Gasteiger partial charge in [-0.3, -0.25) is 9.59 Å². The van der Waals surface area contributed by atoms with Crippen LogP contribution in [0.15, 0.2) is 48.0 Å². The summed E-state index contributed by atoms with van der Waals surface area (Å²) in [5.74, 6) is -1.19. The number of fused-ring (bicyclic) bond motifs is 1. The SMILES string of the molecule is CCN(CC)CCCN1C(=O)C(=O)C(=C(O)c2ccc3c(c2)OCCO3)[C@@H]1c1ccc(C(=O)OC)cc1. The molecule has 9 nitrogen and oxygen atoms in total. The Balaban J connectivity index is 1.74. The summed E-state index contributed by atoms with van der Waals surface area (Å²) >= 11 is 0. The lowest BCUT2D eigenvalue weighted by Gasteiger charge is -2.27. The van der Waals surface area contributed by atoms with Crippen LogP contribution >= 0.6 is 0 Å². The van der Waals surface area contributed by atoms with Gasteiger partial charge >= 0.3 is 5.97 Å². The van der Waals surface area contributed by atoms with Gasteiger partial charge in [0.05, 0.1) is 24.3 Å². The number of rotatable bonds is 9. The number of methoxy groups -OCH3 is 1. The van der Waals surface area contributed by atoms with Crippen LogP contribution in [0.5, 0.6) is 11.5 Å². The number of aliphatic hydroxyl groups excluding tert-OH is 1. The number of amides is 1. The molecule has 2 aliphatic rings. The maximum Gasteiger partial charge on any atom is 0.337 e. The minimum absolute atomic E-state index is 0.00432. The van der Waals surface area contributed by atoms with Crippen molar-refractivity contribution in [2.24, 2.45) is 0 Å². The largest absolute Gasteiger partial charge is 0.507 e. The highest BCUT2D eigenvalue weighted by Crippen LogP contribution is 2.41. The Bertz CT molecular complexity index is 1200. The first-order valence-electron chi connectivity index (χ1n) is 12.5. The predicted molar refractivity (Wildman–Crippen MR) is 137 cm³/mol. The molecule has 1 fully saturated rings. The van der Waals surface area contributed by atoms with Crippen molar-refractivity contribution in [2.75, 3.05) is 46.5 Å². The Hall–Kier alpha value is -3.85. The zero-order chi connectivity index (χ0) is 26.5. The number of esters is 1. The van der Waals surface area contributed by atoms with Crippen molar-refractivity contribution >= 4 is 23.4 Å². The number of benzene rings is 2. The van der Waals surface area contributed by atoms with E-state index in [1.165, 1.54) is 12.0 Å². The second kappa shape index (κ2) is 11.5. The molecule has 9 heteroatoms. The molecule has 2 aliphatic heterocycles. The Labute approximate surface area is 216 Å². The molecule has 1 saturated heterocycles. The van der Waals surface area contributed by atoms with Crippen LogP contribution < -0.4 is 9.47 Å². The van der Waals surface area contributed by atoms with Gasteiger partial charge in [0.25, 0.3) is 11.7 Å². The highest BCUT2D eigenvalue weighted by molar-refractivity contribution is 6.46. The standard InChI is InChI=1S/C28H32N2O7/c1-4-29(5-2)13-6-14-30-24(18-7-9-19(10-8-18)28(34)35-3)23(26(32)27(30)33)25(31)20-11-12-21-22(17-20)37-16-15-36-21/h7-12,17,24,31H,4-6,13-16H2,1-3H3/t24-/m0/s1. The molecule has 0 unspecified atom stereocenters. The average Bonchev–Trinajstić information content (AvgIpc) is 3.19. The van der Waals surface area contributed by atoms with Gasteiger partial charge in [-0.15, -0.1) is 0 Å². The first-order valence-corrected chi connectivity index (χ1v) is 12.5. The van der Waals surface area contributed by atoms with Gasteiger partial charge in [-0.2, -0.15) is 0 Å². The second-order valence-electron chi connectivity index (χ2n) is 8.84. The number of hydrogen-bond donors (Lipinski definition) is 1. The number of likely N-dealkylation sites (tertiary alicyclic amines) is 1. The molecule has 0 aliphatic carbocycles. The topological polar surface area (TPSA) is 106 Å². The number of aliphatic hydroxyl groups is 1. The van der Waals surface area contributed by atoms with Crippen LogP contribution in [0.4, 0.5) is 0 Å². The third-order valence-corrected chi connectivity index (χ3v) is 6.77. The summed E-state index contributed by atoms with van der Waals surface area (Å²) in [5, 5.41) is 11.3. The van der Waals surface area contributed by atoms with E-state index >= 15 is 0 Å². The van der Waals surface area contributed by atoms with Crippen molar-refractivity contribution in [2.45, 2.75) is 26.3 Å². The molecule has 1 amide bonds. The molecule has 0 radical (unpaired) electrons. The molecular formula is C28H32N2O7. The fourth-order valence-electron chi connectivity index (χ4n) is 4.73. The normalized spacial score (nSPS) is 18.4. The van der Waals surface area contributed by atoms with Gasteiger partial charge < -0.3 is 29.1 Å². The van der Waals surface area contributed by atoms with Crippen LogP contribution in [0.25, 0.3) is 5.76 Å². The Kier molecular flexibility index (Phi) is 8.13. The number of carbonyl (C=O) groups excluding carboxylic acids is 3. The quantitative estimate of drug-likeness (QED) is 0.238. The minimum Gasteiger partial charge on any atom is -0.507 e. The van der Waals surface area contributed by atoms with E-state index in [1.54, 1.807) is 42.5 Å². The summed E-state index contributed by atoms with van der Waals surface area (Å²) < 4.78 is 16.0. The fraction of sp³-hybridized carbons (Fsp3) is 0.393. The van der Waals surface area contributed by atoms with E-state index in [4.69, 9.17) is 14.2 Å². The molecule has 1 atom stereocenters. The molecule has 0 spiro atoms. The number of ether oxygens (including phenoxy) is 3. The molecule has 4 rings (SSSR count). The van der Waals surface area contributed by atoms with Crippen LogP contribution in [0.3, 0.4) is 0 Å². The van der Waals surface area contributed by atoms with Crippen molar-refractivity contribution < 1.29 is 33.7 Å². The van der Waals surface area contributed by atoms with E-state index in [9.17, 15) is 19.5 Å². The van der Waals surface area contributed by atoms with E-state index in [0.717, 1.165) is 19.6 Å². The molecule has 2 heterocycles. The Morgan fingerprint density at radius 2 is 1.68 bits per heavy atom. The summed E-state index contributed by atoms with van der Waals surface area (Å²) in [4.78, 5) is 42.2. The van der Waals surface area contributed by atoms with Gasteiger partial charge in [-0.1, -0.05) is 26.0 Å². The van der Waals surface area contributed by atoms with Crippen LogP contribution in [-0.4, -0.2) is 79.1 Å². The van der Waals surface area contributed by atoms with Crippen LogP contribution in [0.2, 0.25) is 0 Å². The summed E-state index contributed by atoms with van der Waals surface area (Å²) in [7, 11) is 1.30. The molecule has 196 valence electrons. The molecule has 0 saturated carbocycles. The van der Waals surface area contributed by atoms with Gasteiger partial charge in [-0.05, 0) is 62.0 Å². The maximum absolute atomic E-state index is 13.3. The lowest BCUT2D eigenvalue weighted by molar-refractivity contribution is -0.140. The summed E-state index contributed by atoms with van der Waals surface area (Å²) in [6.07, 6.45) is 0.662. The minimum atomic E-state index is -0.809. The van der Waals surface area contributed by atoms with E-state index in [0.29, 0.717) is 54.4 Å². The van der Waals surface area contributed by atoms with Crippen LogP contribution in [-0.2, 0) is 14.3 Å². The first kappa shape index (κ1) is 26.2. The van der Waals surface area contributed by atoms with E-state index < -0.39 is 23.7 Å². The lowest BCUT2D eigenvalue weighted by atomic mass is 9.94. The third kappa shape index (κ3) is 5.32. The van der Waals surface area contributed by atoms with Crippen LogP contribution in [0, 0.1) is 0 Å². The van der Waals surface area contributed by atoms with Crippen molar-refractivity contribution in [1.29, 1.82) is 0 Å². The highest BCUT2D eigenvalue weighted by atomic mass is 16.6. The molecule has 2 aromatic carbocycles. The number of ketones is 1. The Morgan fingerprint density at radius 3 is 2.32 bits per heavy atom. The number of nitrogens with zero attached hydrogens (tertiary/aromatic N) is 2. The average molecular weight is 509 g/mol. The van der Waals surface area contributed by atoms with Gasteiger partial charge in [0.1, 0.15) is 19.0 Å². The van der Waals surface area contributed by atoms with Gasteiger partial charge in [0, 0.05) is 12.1 Å². The lowest BCUT2D eigenvalue weighted by Crippen LogP contribution is -2.33. The molecule has 37 heavy (non-hydrogen) atoms. The molecule has 1 N–H and O–H groups in total. The fourth-order valence-corrected chi connectivity index (χ4v) is 4.73. The zero-order valence-electron chi connectivity index (χ0n) is 21.4. The van der Waals surface area contributed by atoms with Crippen molar-refractivity contribution in [3.05, 3.63) is 64.7 Å². The molecular weight excluding hydrogens is 476 g/mol. The zero-order valence-corrected chi connectivity index (χ0v) is 21.4. The maximum atomic E-state index is 13.3. The van der Waals surface area contributed by atoms with Gasteiger partial charge in [-0.25, -0.2) is 4.79 Å². The third-order valence-electron chi connectivity index (χ3n) is 6.77. The predicted octanol–water partition coefficient (Wildman–Crippen LogP) is 3.40. The molecule has 2 aromatic rings. The van der Waals surface area contributed by atoms with Crippen LogP contribution in [0.1, 0.15) is 47.8 Å². The highest BCUT2D eigenvalue weighted by Gasteiger charge is 2.46. The number of Topliss-reactive ketones (excluding diaryl/α,β-unsaturated/α-hetero) is 1. The van der Waals surface area contributed by atoms with Crippen molar-refractivity contribution in [3.63, 3.8) is 0 Å².